The van der Waals surface area contributed by atoms with E-state index in [-0.39, 0.29) is 0 Å². The van der Waals surface area contributed by atoms with Crippen LogP contribution in [0.1, 0.15) is 19.4 Å². The van der Waals surface area contributed by atoms with Crippen molar-refractivity contribution in [1.82, 2.24) is 10.2 Å². The first-order valence-electron chi connectivity index (χ1n) is 5.87. The molecule has 1 fully saturated rings. The Morgan fingerprint density at radius 3 is 3.00 bits per heavy atom. The molecule has 0 bridgehead atoms. The molecule has 1 saturated heterocycles. The molecular formula is C13H19ClN2. The van der Waals surface area contributed by atoms with Crippen LogP contribution >= 0.6 is 11.6 Å². The van der Waals surface area contributed by atoms with Crippen LogP contribution in [0.25, 0.3) is 0 Å². The molecule has 1 N–H and O–H groups in total. The molecular weight excluding hydrogens is 220 g/mol. The molecule has 2 atom stereocenters. The van der Waals surface area contributed by atoms with Gasteiger partial charge in [0.15, 0.2) is 0 Å². The van der Waals surface area contributed by atoms with Gasteiger partial charge in [-0.2, -0.15) is 0 Å². The molecule has 1 aliphatic rings. The highest BCUT2D eigenvalue weighted by Crippen LogP contribution is 2.15. The van der Waals surface area contributed by atoms with E-state index in [0.29, 0.717) is 12.1 Å². The Morgan fingerprint density at radius 1 is 1.44 bits per heavy atom. The van der Waals surface area contributed by atoms with Crippen LogP contribution in [0, 0.1) is 0 Å². The molecule has 1 aromatic carbocycles. The van der Waals surface area contributed by atoms with Gasteiger partial charge in [-0.15, -0.1) is 0 Å². The van der Waals surface area contributed by atoms with Crippen LogP contribution in [0.2, 0.25) is 5.02 Å². The van der Waals surface area contributed by atoms with Gasteiger partial charge in [0.1, 0.15) is 0 Å². The zero-order chi connectivity index (χ0) is 11.5. The monoisotopic (exact) mass is 238 g/mol. The van der Waals surface area contributed by atoms with Crippen molar-refractivity contribution < 1.29 is 0 Å². The van der Waals surface area contributed by atoms with Gasteiger partial charge < -0.3 is 5.32 Å². The van der Waals surface area contributed by atoms with Gasteiger partial charge in [-0.3, -0.25) is 4.90 Å². The molecule has 0 spiro atoms. The van der Waals surface area contributed by atoms with Gasteiger partial charge >= 0.3 is 0 Å². The second-order valence-electron chi connectivity index (χ2n) is 4.72. The van der Waals surface area contributed by atoms with E-state index in [1.165, 1.54) is 5.56 Å². The SMILES string of the molecule is CC1CN(Cc2cccc(Cl)c2)C(C)CN1. The maximum absolute atomic E-state index is 6.00. The van der Waals surface area contributed by atoms with Crippen molar-refractivity contribution in [3.63, 3.8) is 0 Å². The molecule has 0 aromatic heterocycles. The highest BCUT2D eigenvalue weighted by Gasteiger charge is 2.21. The van der Waals surface area contributed by atoms with Gasteiger partial charge in [-0.1, -0.05) is 23.7 Å². The highest BCUT2D eigenvalue weighted by molar-refractivity contribution is 6.30. The average molecular weight is 239 g/mol. The summed E-state index contributed by atoms with van der Waals surface area (Å²) in [5, 5.41) is 4.32. The number of halogens is 1. The van der Waals surface area contributed by atoms with Gasteiger partial charge in [0.05, 0.1) is 0 Å². The molecule has 3 heteroatoms. The largest absolute Gasteiger partial charge is 0.311 e. The molecule has 1 aliphatic heterocycles. The molecule has 1 heterocycles. The molecule has 1 aromatic rings. The van der Waals surface area contributed by atoms with E-state index >= 15 is 0 Å². The number of nitrogens with zero attached hydrogens (tertiary/aromatic N) is 1. The third-order valence-corrected chi connectivity index (χ3v) is 3.40. The fourth-order valence-electron chi connectivity index (χ4n) is 2.19. The van der Waals surface area contributed by atoms with E-state index in [4.69, 9.17) is 11.6 Å². The van der Waals surface area contributed by atoms with Crippen molar-refractivity contribution in [3.05, 3.63) is 34.9 Å². The lowest BCUT2D eigenvalue weighted by molar-refractivity contribution is 0.139. The quantitative estimate of drug-likeness (QED) is 0.852. The smallest absolute Gasteiger partial charge is 0.0409 e. The van der Waals surface area contributed by atoms with Gasteiger partial charge in [-0.05, 0) is 31.5 Å². The Morgan fingerprint density at radius 2 is 2.25 bits per heavy atom. The molecule has 16 heavy (non-hydrogen) atoms. The predicted octanol–water partition coefficient (Wildman–Crippen LogP) is 2.52. The van der Waals surface area contributed by atoms with E-state index in [0.717, 1.165) is 24.7 Å². The summed E-state index contributed by atoms with van der Waals surface area (Å²) in [5.74, 6) is 0. The van der Waals surface area contributed by atoms with E-state index in [2.05, 4.69) is 36.2 Å². The van der Waals surface area contributed by atoms with E-state index in [1.54, 1.807) is 0 Å². The molecule has 0 saturated carbocycles. The Labute approximate surface area is 103 Å². The molecule has 0 aliphatic carbocycles. The third kappa shape index (κ3) is 2.97. The van der Waals surface area contributed by atoms with E-state index < -0.39 is 0 Å². The van der Waals surface area contributed by atoms with Gasteiger partial charge in [0.25, 0.3) is 0 Å². The van der Waals surface area contributed by atoms with Crippen LogP contribution in [0.3, 0.4) is 0 Å². The van der Waals surface area contributed by atoms with Crippen LogP contribution in [-0.4, -0.2) is 30.1 Å². The number of rotatable bonds is 2. The first kappa shape index (κ1) is 11.9. The summed E-state index contributed by atoms with van der Waals surface area (Å²) >= 11 is 6.00. The Bertz CT molecular complexity index is 354. The van der Waals surface area contributed by atoms with Crippen molar-refractivity contribution in [2.24, 2.45) is 0 Å². The van der Waals surface area contributed by atoms with Gasteiger partial charge in [0, 0.05) is 36.7 Å². The van der Waals surface area contributed by atoms with Gasteiger partial charge in [0.2, 0.25) is 0 Å². The number of piperazine rings is 1. The summed E-state index contributed by atoms with van der Waals surface area (Å²) < 4.78 is 0. The maximum Gasteiger partial charge on any atom is 0.0409 e. The van der Waals surface area contributed by atoms with Crippen LogP contribution in [0.5, 0.6) is 0 Å². The lowest BCUT2D eigenvalue weighted by Gasteiger charge is -2.37. The summed E-state index contributed by atoms with van der Waals surface area (Å²) in [6.07, 6.45) is 0. The van der Waals surface area contributed by atoms with Crippen molar-refractivity contribution >= 4 is 11.6 Å². The van der Waals surface area contributed by atoms with E-state index in [1.807, 2.05) is 12.1 Å². The lowest BCUT2D eigenvalue weighted by Crippen LogP contribution is -2.53. The van der Waals surface area contributed by atoms with Crippen molar-refractivity contribution in [1.29, 1.82) is 0 Å². The summed E-state index contributed by atoms with van der Waals surface area (Å²) in [6.45, 7) is 7.67. The minimum Gasteiger partial charge on any atom is -0.311 e. The van der Waals surface area contributed by atoms with Crippen LogP contribution in [-0.2, 0) is 6.54 Å². The fourth-order valence-corrected chi connectivity index (χ4v) is 2.40. The average Bonchev–Trinajstić information content (AvgIpc) is 2.24. The van der Waals surface area contributed by atoms with Crippen molar-refractivity contribution in [2.75, 3.05) is 13.1 Å². The van der Waals surface area contributed by atoms with Gasteiger partial charge in [-0.25, -0.2) is 0 Å². The normalized spacial score (nSPS) is 26.9. The second-order valence-corrected chi connectivity index (χ2v) is 5.15. The maximum atomic E-state index is 6.00. The minimum atomic E-state index is 0.579. The standard InChI is InChI=1S/C13H19ClN2/c1-10-8-16(11(2)7-15-10)9-12-4-3-5-13(14)6-12/h3-6,10-11,15H,7-9H2,1-2H3. The third-order valence-electron chi connectivity index (χ3n) is 3.17. The zero-order valence-corrected chi connectivity index (χ0v) is 10.7. The molecule has 2 rings (SSSR count). The second kappa shape index (κ2) is 5.17. The number of hydrogen-bond donors (Lipinski definition) is 1. The van der Waals surface area contributed by atoms with Crippen LogP contribution < -0.4 is 5.32 Å². The Hall–Kier alpha value is -0.570. The Kier molecular flexibility index (Phi) is 3.85. The zero-order valence-electron chi connectivity index (χ0n) is 9.91. The predicted molar refractivity (Wildman–Crippen MR) is 68.8 cm³/mol. The first-order chi connectivity index (χ1) is 7.65. The van der Waals surface area contributed by atoms with Crippen LogP contribution in [0.4, 0.5) is 0 Å². The topological polar surface area (TPSA) is 15.3 Å². The molecule has 2 nitrogen and oxygen atoms in total. The fraction of sp³-hybridized carbons (Fsp3) is 0.538. The van der Waals surface area contributed by atoms with Crippen molar-refractivity contribution in [3.8, 4) is 0 Å². The highest BCUT2D eigenvalue weighted by atomic mass is 35.5. The molecule has 0 radical (unpaired) electrons. The summed E-state index contributed by atoms with van der Waals surface area (Å²) in [7, 11) is 0. The minimum absolute atomic E-state index is 0.579. The first-order valence-corrected chi connectivity index (χ1v) is 6.25. The van der Waals surface area contributed by atoms with Crippen molar-refractivity contribution in [2.45, 2.75) is 32.5 Å². The van der Waals surface area contributed by atoms with E-state index in [9.17, 15) is 0 Å². The number of hydrogen-bond acceptors (Lipinski definition) is 2. The summed E-state index contributed by atoms with van der Waals surface area (Å²) in [6, 6.07) is 9.32. The summed E-state index contributed by atoms with van der Waals surface area (Å²) in [4.78, 5) is 2.51. The molecule has 0 amide bonds. The molecule has 88 valence electrons. The number of nitrogens with one attached hydrogen (secondary N) is 1. The number of benzene rings is 1. The Balaban J connectivity index is 2.02. The van der Waals surface area contributed by atoms with Crippen LogP contribution in [0.15, 0.2) is 24.3 Å². The molecule has 2 unspecified atom stereocenters. The summed E-state index contributed by atoms with van der Waals surface area (Å²) in [5.41, 5.74) is 1.30. The lowest BCUT2D eigenvalue weighted by atomic mass is 10.1.